The third kappa shape index (κ3) is 5.33. The van der Waals surface area contributed by atoms with E-state index in [1.807, 2.05) is 0 Å². The van der Waals surface area contributed by atoms with E-state index in [-0.39, 0.29) is 6.07 Å². The van der Waals surface area contributed by atoms with Gasteiger partial charge in [-0.2, -0.15) is 26.3 Å². The highest BCUT2D eigenvalue weighted by molar-refractivity contribution is 5.98. The lowest BCUT2D eigenvalue weighted by Gasteiger charge is -2.27. The summed E-state index contributed by atoms with van der Waals surface area (Å²) in [5.41, 5.74) is -9.12. The minimum absolute atomic E-state index is 0.0908. The van der Waals surface area contributed by atoms with Gasteiger partial charge in [-0.3, -0.25) is 10.1 Å². The standard InChI is InChI=1S/C18H14F8N4O5/c19-15(20)3-1-4-16(34,18(24,25)26)13-30-29-12(35-13)11-8(27-14(32)33)6-7(17(21,22)23)10(28-11)9(31)2-5-15/h6,27,34H,1-5H2,(H,32,33). The predicted molar refractivity (Wildman–Crippen MR) is 96.5 cm³/mol. The van der Waals surface area contributed by atoms with Crippen molar-refractivity contribution in [3.63, 3.8) is 0 Å². The number of hydrogen-bond donors (Lipinski definition) is 3. The number of Topliss-reactive ketones (excluding diaryl/α,β-unsaturated/α-hetero) is 1. The van der Waals surface area contributed by atoms with Crippen LogP contribution in [0.5, 0.6) is 0 Å². The first-order valence-electron chi connectivity index (χ1n) is 9.61. The largest absolute Gasteiger partial charge is 0.465 e. The van der Waals surface area contributed by atoms with E-state index in [9.17, 15) is 49.8 Å². The topological polar surface area (TPSA) is 138 Å². The molecule has 35 heavy (non-hydrogen) atoms. The molecule has 1 unspecified atom stereocenters. The van der Waals surface area contributed by atoms with E-state index in [0.717, 1.165) is 0 Å². The van der Waals surface area contributed by atoms with Crippen LogP contribution < -0.4 is 5.32 Å². The zero-order valence-electron chi connectivity index (χ0n) is 17.1. The quantitative estimate of drug-likeness (QED) is 0.459. The van der Waals surface area contributed by atoms with Crippen LogP contribution in [0.3, 0.4) is 0 Å². The molecule has 1 amide bonds. The van der Waals surface area contributed by atoms with Gasteiger partial charge in [0.25, 0.3) is 11.8 Å². The van der Waals surface area contributed by atoms with Gasteiger partial charge in [-0.1, -0.05) is 0 Å². The number of carbonyl (C=O) groups excluding carboxylic acids is 1. The number of nitrogens with zero attached hydrogens (tertiary/aromatic N) is 3. The van der Waals surface area contributed by atoms with Crippen molar-refractivity contribution >= 4 is 17.6 Å². The molecule has 17 heteroatoms. The molecule has 0 radical (unpaired) electrons. The molecule has 0 spiro atoms. The Morgan fingerprint density at radius 3 is 2.29 bits per heavy atom. The van der Waals surface area contributed by atoms with Crippen molar-refractivity contribution in [2.24, 2.45) is 0 Å². The van der Waals surface area contributed by atoms with Gasteiger partial charge < -0.3 is 14.6 Å². The van der Waals surface area contributed by atoms with Crippen LogP contribution in [-0.4, -0.2) is 49.4 Å². The molecule has 0 saturated carbocycles. The Morgan fingerprint density at radius 2 is 1.71 bits per heavy atom. The molecule has 9 nitrogen and oxygen atoms in total. The van der Waals surface area contributed by atoms with Crippen LogP contribution in [0.4, 0.5) is 45.6 Å². The van der Waals surface area contributed by atoms with Crippen LogP contribution in [-0.2, 0) is 11.8 Å². The highest BCUT2D eigenvalue weighted by Crippen LogP contribution is 2.45. The lowest BCUT2D eigenvalue weighted by molar-refractivity contribution is -0.278. The first kappa shape index (κ1) is 26.2. The zero-order chi connectivity index (χ0) is 26.4. The normalized spacial score (nSPS) is 21.3. The molecule has 3 heterocycles. The number of fused-ring (bicyclic) bond motifs is 5. The lowest BCUT2D eigenvalue weighted by atomic mass is 9.93. The number of carbonyl (C=O) groups is 2. The van der Waals surface area contributed by atoms with Gasteiger partial charge in [-0.05, 0) is 18.9 Å². The second-order valence-electron chi connectivity index (χ2n) is 7.61. The van der Waals surface area contributed by atoms with Crippen molar-refractivity contribution in [2.75, 3.05) is 5.32 Å². The zero-order valence-corrected chi connectivity index (χ0v) is 17.1. The maximum Gasteiger partial charge on any atom is 0.426 e. The third-order valence-electron chi connectivity index (χ3n) is 5.08. The van der Waals surface area contributed by atoms with Crippen LogP contribution in [0.1, 0.15) is 54.0 Å². The number of amides is 1. The van der Waals surface area contributed by atoms with Crippen molar-refractivity contribution in [3.8, 4) is 11.6 Å². The van der Waals surface area contributed by atoms with Gasteiger partial charge in [-0.25, -0.2) is 18.6 Å². The van der Waals surface area contributed by atoms with Gasteiger partial charge in [-0.15, -0.1) is 10.2 Å². The summed E-state index contributed by atoms with van der Waals surface area (Å²) in [7, 11) is 0. The van der Waals surface area contributed by atoms with Crippen molar-refractivity contribution in [3.05, 3.63) is 23.2 Å². The molecular weight excluding hydrogens is 504 g/mol. The van der Waals surface area contributed by atoms with Crippen LogP contribution in [0.25, 0.3) is 11.6 Å². The van der Waals surface area contributed by atoms with E-state index >= 15 is 0 Å². The molecule has 1 atom stereocenters. The minimum Gasteiger partial charge on any atom is -0.465 e. The number of aliphatic hydroxyl groups is 1. The number of aromatic nitrogens is 3. The van der Waals surface area contributed by atoms with E-state index in [4.69, 9.17) is 9.52 Å². The molecule has 192 valence electrons. The fraction of sp³-hybridized carbons (Fsp3) is 0.500. The summed E-state index contributed by atoms with van der Waals surface area (Å²) in [6.07, 6.45) is -18.8. The van der Waals surface area contributed by atoms with Crippen LogP contribution in [0, 0.1) is 0 Å². The summed E-state index contributed by atoms with van der Waals surface area (Å²) in [5.74, 6) is -7.89. The van der Waals surface area contributed by atoms with Crippen molar-refractivity contribution in [1.82, 2.24) is 15.2 Å². The van der Waals surface area contributed by atoms with Gasteiger partial charge in [0.15, 0.2) is 11.5 Å². The van der Waals surface area contributed by atoms with E-state index in [1.165, 1.54) is 5.32 Å². The fourth-order valence-corrected chi connectivity index (χ4v) is 3.31. The fourth-order valence-electron chi connectivity index (χ4n) is 3.31. The summed E-state index contributed by atoms with van der Waals surface area (Å²) >= 11 is 0. The average molecular weight is 518 g/mol. The molecule has 2 aromatic heterocycles. The monoisotopic (exact) mass is 518 g/mol. The Balaban J connectivity index is 2.31. The smallest absolute Gasteiger partial charge is 0.426 e. The Hall–Kier alpha value is -3.37. The van der Waals surface area contributed by atoms with E-state index < -0.39 is 102 Å². The number of halogens is 8. The van der Waals surface area contributed by atoms with E-state index in [2.05, 4.69) is 15.2 Å². The molecule has 4 bridgehead atoms. The average Bonchev–Trinajstić information content (AvgIpc) is 3.19. The van der Waals surface area contributed by atoms with E-state index in [0.29, 0.717) is 0 Å². The van der Waals surface area contributed by atoms with Gasteiger partial charge in [0.2, 0.25) is 11.5 Å². The Bertz CT molecular complexity index is 1150. The van der Waals surface area contributed by atoms with Gasteiger partial charge in [0.1, 0.15) is 5.69 Å². The first-order chi connectivity index (χ1) is 15.9. The Kier molecular flexibility index (Phi) is 6.51. The minimum atomic E-state index is -5.50. The molecule has 3 rings (SSSR count). The summed E-state index contributed by atoms with van der Waals surface area (Å²) in [6.45, 7) is 0. The second-order valence-corrected chi connectivity index (χ2v) is 7.61. The maximum absolute atomic E-state index is 14.2. The van der Waals surface area contributed by atoms with Crippen molar-refractivity contribution in [1.29, 1.82) is 0 Å². The SMILES string of the molecule is O=C(O)Nc1cc(C(F)(F)F)c2nc1-c1nnc(o1)C(O)(C(F)(F)F)CCCC(F)(F)CCC2=O. The molecular formula is C18H14F8N4O5. The number of ketones is 1. The number of alkyl halides is 8. The summed E-state index contributed by atoms with van der Waals surface area (Å²) < 4.78 is 115. The Morgan fingerprint density at radius 1 is 1.06 bits per heavy atom. The highest BCUT2D eigenvalue weighted by atomic mass is 19.4. The third-order valence-corrected chi connectivity index (χ3v) is 5.08. The van der Waals surface area contributed by atoms with Crippen LogP contribution >= 0.6 is 0 Å². The summed E-state index contributed by atoms with van der Waals surface area (Å²) in [4.78, 5) is 26.9. The first-order valence-corrected chi connectivity index (χ1v) is 9.61. The summed E-state index contributed by atoms with van der Waals surface area (Å²) in [6, 6.07) is 0.0908. The van der Waals surface area contributed by atoms with Gasteiger partial charge in [0.05, 0.1) is 11.3 Å². The molecule has 0 fully saturated rings. The Labute approximate surface area is 189 Å². The van der Waals surface area contributed by atoms with Crippen molar-refractivity contribution < 1.29 is 59.3 Å². The van der Waals surface area contributed by atoms with Crippen LogP contribution in [0.2, 0.25) is 0 Å². The van der Waals surface area contributed by atoms with E-state index in [1.54, 1.807) is 0 Å². The van der Waals surface area contributed by atoms with Gasteiger partial charge in [0, 0.05) is 19.3 Å². The second kappa shape index (κ2) is 8.69. The molecule has 1 aliphatic heterocycles. The number of pyridine rings is 1. The van der Waals surface area contributed by atoms with Crippen molar-refractivity contribution in [2.45, 2.75) is 56.0 Å². The molecule has 2 aromatic rings. The molecule has 0 aromatic carbocycles. The van der Waals surface area contributed by atoms with Gasteiger partial charge >= 0.3 is 18.4 Å². The number of rotatable bonds is 1. The highest BCUT2D eigenvalue weighted by Gasteiger charge is 2.59. The maximum atomic E-state index is 14.2. The summed E-state index contributed by atoms with van der Waals surface area (Å²) in [5, 5.41) is 26.9. The number of hydrogen-bond acceptors (Lipinski definition) is 7. The van der Waals surface area contributed by atoms with Crippen LogP contribution in [0.15, 0.2) is 10.5 Å². The lowest BCUT2D eigenvalue weighted by Crippen LogP contribution is -2.43. The molecule has 0 saturated heterocycles. The molecule has 3 N–H and O–H groups in total. The predicted octanol–water partition coefficient (Wildman–Crippen LogP) is 4.77. The molecule has 1 aliphatic rings. The number of nitrogens with one attached hydrogen (secondary N) is 1. The number of anilines is 1. The number of carboxylic acid groups (broad SMARTS) is 1. The molecule has 0 aliphatic carbocycles.